The van der Waals surface area contributed by atoms with Crippen LogP contribution in [0.4, 0.5) is 4.39 Å². The van der Waals surface area contributed by atoms with Gasteiger partial charge in [0.1, 0.15) is 5.82 Å². The molecular formula is C12H19FN2. The second-order valence-electron chi connectivity index (χ2n) is 4.35. The lowest BCUT2D eigenvalue weighted by molar-refractivity contribution is 0.371. The van der Waals surface area contributed by atoms with Crippen LogP contribution < -0.4 is 5.73 Å². The summed E-state index contributed by atoms with van der Waals surface area (Å²) >= 11 is 0. The van der Waals surface area contributed by atoms with Crippen LogP contribution in [-0.4, -0.2) is 25.5 Å². The maximum atomic E-state index is 13.7. The first-order chi connectivity index (χ1) is 6.91. The fraction of sp³-hybridized carbons (Fsp3) is 0.500. The van der Waals surface area contributed by atoms with E-state index in [9.17, 15) is 4.39 Å². The average molecular weight is 210 g/mol. The topological polar surface area (TPSA) is 29.3 Å². The number of halogens is 1. The van der Waals surface area contributed by atoms with Crippen molar-refractivity contribution in [2.75, 3.05) is 20.6 Å². The molecule has 1 aromatic rings. The van der Waals surface area contributed by atoms with Crippen LogP contribution in [-0.2, 0) is 0 Å². The van der Waals surface area contributed by atoms with Gasteiger partial charge in [0.25, 0.3) is 0 Å². The van der Waals surface area contributed by atoms with Gasteiger partial charge in [0, 0.05) is 18.2 Å². The van der Waals surface area contributed by atoms with Gasteiger partial charge < -0.3 is 10.6 Å². The summed E-state index contributed by atoms with van der Waals surface area (Å²) in [5.41, 5.74) is 8.47. The SMILES string of the molecule is Cc1cc(C)c(C(N)CN(C)C)c(F)c1. The molecule has 0 aliphatic rings. The van der Waals surface area contributed by atoms with Crippen LogP contribution in [0.1, 0.15) is 22.7 Å². The fourth-order valence-electron chi connectivity index (χ4n) is 1.88. The van der Waals surface area contributed by atoms with Crippen LogP contribution in [0.5, 0.6) is 0 Å². The molecule has 0 heterocycles. The molecule has 0 saturated heterocycles. The van der Waals surface area contributed by atoms with Crippen molar-refractivity contribution in [1.29, 1.82) is 0 Å². The van der Waals surface area contributed by atoms with Crippen molar-refractivity contribution in [2.24, 2.45) is 5.73 Å². The molecule has 1 rings (SSSR count). The van der Waals surface area contributed by atoms with E-state index in [2.05, 4.69) is 0 Å². The Hall–Kier alpha value is -0.930. The number of likely N-dealkylation sites (N-methyl/N-ethyl adjacent to an activating group) is 1. The number of hydrogen-bond acceptors (Lipinski definition) is 2. The molecule has 0 aliphatic carbocycles. The minimum Gasteiger partial charge on any atom is -0.323 e. The van der Waals surface area contributed by atoms with E-state index in [1.54, 1.807) is 0 Å². The Morgan fingerprint density at radius 3 is 2.40 bits per heavy atom. The number of aryl methyl sites for hydroxylation is 2. The zero-order valence-corrected chi connectivity index (χ0v) is 9.84. The van der Waals surface area contributed by atoms with E-state index in [1.165, 1.54) is 6.07 Å². The van der Waals surface area contributed by atoms with Crippen LogP contribution in [0.3, 0.4) is 0 Å². The summed E-state index contributed by atoms with van der Waals surface area (Å²) < 4.78 is 13.7. The molecule has 0 amide bonds. The van der Waals surface area contributed by atoms with Gasteiger partial charge in [-0.2, -0.15) is 0 Å². The van der Waals surface area contributed by atoms with Gasteiger partial charge in [0.2, 0.25) is 0 Å². The number of nitrogens with zero attached hydrogens (tertiary/aromatic N) is 1. The average Bonchev–Trinajstić information content (AvgIpc) is 1.99. The second-order valence-corrected chi connectivity index (χ2v) is 4.35. The third-order valence-corrected chi connectivity index (χ3v) is 2.41. The second kappa shape index (κ2) is 4.73. The molecule has 1 aromatic carbocycles. The molecule has 0 bridgehead atoms. The van der Waals surface area contributed by atoms with Crippen LogP contribution in [0.15, 0.2) is 12.1 Å². The largest absolute Gasteiger partial charge is 0.323 e. The summed E-state index contributed by atoms with van der Waals surface area (Å²) in [5, 5.41) is 0. The fourth-order valence-corrected chi connectivity index (χ4v) is 1.88. The molecule has 1 unspecified atom stereocenters. The highest BCUT2D eigenvalue weighted by molar-refractivity contribution is 5.34. The quantitative estimate of drug-likeness (QED) is 0.827. The predicted octanol–water partition coefficient (Wildman–Crippen LogP) is 2.00. The monoisotopic (exact) mass is 210 g/mol. The summed E-state index contributed by atoms with van der Waals surface area (Å²) in [6.07, 6.45) is 0. The highest BCUT2D eigenvalue weighted by Crippen LogP contribution is 2.21. The highest BCUT2D eigenvalue weighted by atomic mass is 19.1. The van der Waals surface area contributed by atoms with Crippen molar-refractivity contribution < 1.29 is 4.39 Å². The predicted molar refractivity (Wildman–Crippen MR) is 61.4 cm³/mol. The minimum atomic E-state index is -0.263. The smallest absolute Gasteiger partial charge is 0.128 e. The molecule has 15 heavy (non-hydrogen) atoms. The normalized spacial score (nSPS) is 13.3. The van der Waals surface area contributed by atoms with Gasteiger partial charge in [0.15, 0.2) is 0 Å². The van der Waals surface area contributed by atoms with E-state index < -0.39 is 0 Å². The van der Waals surface area contributed by atoms with Gasteiger partial charge in [-0.3, -0.25) is 0 Å². The molecular weight excluding hydrogens is 191 g/mol. The van der Waals surface area contributed by atoms with Crippen molar-refractivity contribution in [3.8, 4) is 0 Å². The van der Waals surface area contributed by atoms with Gasteiger partial charge in [-0.15, -0.1) is 0 Å². The summed E-state index contributed by atoms with van der Waals surface area (Å²) in [5.74, 6) is -0.193. The van der Waals surface area contributed by atoms with Crippen molar-refractivity contribution in [3.63, 3.8) is 0 Å². The molecule has 0 aromatic heterocycles. The lowest BCUT2D eigenvalue weighted by atomic mass is 9.99. The van der Waals surface area contributed by atoms with E-state index in [-0.39, 0.29) is 11.9 Å². The third kappa shape index (κ3) is 3.01. The third-order valence-electron chi connectivity index (χ3n) is 2.41. The number of nitrogens with two attached hydrogens (primary N) is 1. The summed E-state index contributed by atoms with van der Waals surface area (Å²) in [6.45, 7) is 4.44. The van der Waals surface area contributed by atoms with Gasteiger partial charge in [0.05, 0.1) is 0 Å². The summed E-state index contributed by atoms with van der Waals surface area (Å²) in [7, 11) is 3.86. The van der Waals surface area contributed by atoms with Crippen LogP contribution in [0, 0.1) is 19.7 Å². The lowest BCUT2D eigenvalue weighted by Crippen LogP contribution is -2.27. The molecule has 0 aliphatic heterocycles. The Balaban J connectivity index is 3.03. The lowest BCUT2D eigenvalue weighted by Gasteiger charge is -2.20. The molecule has 0 saturated carbocycles. The molecule has 1 atom stereocenters. The van der Waals surface area contributed by atoms with Crippen molar-refractivity contribution in [3.05, 3.63) is 34.6 Å². The van der Waals surface area contributed by atoms with E-state index in [0.29, 0.717) is 12.1 Å². The Morgan fingerprint density at radius 2 is 1.93 bits per heavy atom. The summed E-state index contributed by atoms with van der Waals surface area (Å²) in [4.78, 5) is 1.96. The first kappa shape index (κ1) is 12.1. The Kier molecular flexibility index (Phi) is 3.83. The maximum absolute atomic E-state index is 13.7. The van der Waals surface area contributed by atoms with Gasteiger partial charge >= 0.3 is 0 Å². The van der Waals surface area contributed by atoms with Gasteiger partial charge in [-0.1, -0.05) is 6.07 Å². The molecule has 3 heteroatoms. The van der Waals surface area contributed by atoms with E-state index >= 15 is 0 Å². The zero-order chi connectivity index (χ0) is 11.6. The van der Waals surface area contributed by atoms with Crippen LogP contribution in [0.25, 0.3) is 0 Å². The Morgan fingerprint density at radius 1 is 1.33 bits per heavy atom. The van der Waals surface area contributed by atoms with E-state index in [1.807, 2.05) is 38.9 Å². The standard InChI is InChI=1S/C12H19FN2/c1-8-5-9(2)12(10(13)6-8)11(14)7-15(3)4/h5-6,11H,7,14H2,1-4H3. The number of rotatable bonds is 3. The summed E-state index contributed by atoms with van der Waals surface area (Å²) in [6, 6.07) is 3.24. The first-order valence-electron chi connectivity index (χ1n) is 5.08. The molecule has 0 spiro atoms. The van der Waals surface area contributed by atoms with Crippen LogP contribution in [0.2, 0.25) is 0 Å². The molecule has 2 N–H and O–H groups in total. The van der Waals surface area contributed by atoms with Crippen molar-refractivity contribution in [2.45, 2.75) is 19.9 Å². The van der Waals surface area contributed by atoms with E-state index in [0.717, 1.165) is 11.1 Å². The van der Waals surface area contributed by atoms with Crippen molar-refractivity contribution in [1.82, 2.24) is 4.90 Å². The Labute approximate surface area is 90.9 Å². The van der Waals surface area contributed by atoms with Gasteiger partial charge in [-0.25, -0.2) is 4.39 Å². The van der Waals surface area contributed by atoms with Gasteiger partial charge in [-0.05, 0) is 45.1 Å². The molecule has 2 nitrogen and oxygen atoms in total. The number of hydrogen-bond donors (Lipinski definition) is 1. The molecule has 0 radical (unpaired) electrons. The number of benzene rings is 1. The first-order valence-corrected chi connectivity index (χ1v) is 5.08. The zero-order valence-electron chi connectivity index (χ0n) is 9.84. The maximum Gasteiger partial charge on any atom is 0.128 e. The Bertz CT molecular complexity index is 324. The molecule has 0 fully saturated rings. The molecule has 84 valence electrons. The van der Waals surface area contributed by atoms with Crippen molar-refractivity contribution >= 4 is 0 Å². The van der Waals surface area contributed by atoms with E-state index in [4.69, 9.17) is 5.73 Å². The van der Waals surface area contributed by atoms with Crippen LogP contribution >= 0.6 is 0 Å². The highest BCUT2D eigenvalue weighted by Gasteiger charge is 2.15. The minimum absolute atomic E-state index is 0.193.